The maximum absolute atomic E-state index is 14.0. The third-order valence-electron chi connectivity index (χ3n) is 7.26. The highest BCUT2D eigenvalue weighted by molar-refractivity contribution is 7.52. The minimum Gasteiger partial charge on any atom is -0.464 e. The number of aliphatic hydroxyl groups is 2. The van der Waals surface area contributed by atoms with Crippen LogP contribution >= 0.6 is 7.75 Å². The lowest BCUT2D eigenvalue weighted by molar-refractivity contribution is -0.146. The van der Waals surface area contributed by atoms with E-state index in [4.69, 9.17) is 30.8 Å². The first-order valence-corrected chi connectivity index (χ1v) is 15.2. The molecule has 3 aromatic rings. The number of nitrogens with two attached hydrogens (primary N) is 1. The van der Waals surface area contributed by atoms with Gasteiger partial charge in [0.25, 0.3) is 0 Å². The lowest BCUT2D eigenvalue weighted by Crippen LogP contribution is -2.45. The molecule has 1 saturated heterocycles. The van der Waals surface area contributed by atoms with Gasteiger partial charge in [0, 0.05) is 6.20 Å². The summed E-state index contributed by atoms with van der Waals surface area (Å²) in [7, 11) is -4.39. The van der Waals surface area contributed by atoms with E-state index in [0.29, 0.717) is 16.9 Å². The molecule has 1 aromatic carbocycles. The van der Waals surface area contributed by atoms with Gasteiger partial charge in [-0.2, -0.15) is 10.2 Å². The molecular formula is C28H36N5O8P. The summed E-state index contributed by atoms with van der Waals surface area (Å²) in [5.74, 6) is -0.313. The fraction of sp³-hybridized carbons (Fsp3) is 0.464. The topological polar surface area (TPSA) is 171 Å². The number of nitrogens with zero attached hydrogens (tertiary/aromatic N) is 3. The third kappa shape index (κ3) is 6.60. The van der Waals surface area contributed by atoms with Gasteiger partial charge in [-0.1, -0.05) is 44.9 Å². The maximum Gasteiger partial charge on any atom is 0.459 e. The molecule has 13 nitrogen and oxygen atoms in total. The predicted octanol–water partition coefficient (Wildman–Crippen LogP) is 3.49. The fourth-order valence-electron chi connectivity index (χ4n) is 4.57. The van der Waals surface area contributed by atoms with Crippen molar-refractivity contribution in [3.05, 3.63) is 71.8 Å². The van der Waals surface area contributed by atoms with E-state index in [1.54, 1.807) is 36.4 Å². The average Bonchev–Trinajstić information content (AvgIpc) is 3.52. The van der Waals surface area contributed by atoms with Crippen LogP contribution in [0.4, 0.5) is 5.69 Å². The molecule has 1 fully saturated rings. The van der Waals surface area contributed by atoms with Gasteiger partial charge in [0.2, 0.25) is 0 Å². The Labute approximate surface area is 243 Å². The number of carbonyl (C=O) groups excluding carboxylic acids is 1. The Kier molecular flexibility index (Phi) is 9.89. The molecule has 0 amide bonds. The molecule has 6 atom stereocenters. The number of esters is 1. The van der Waals surface area contributed by atoms with Crippen LogP contribution in [-0.2, 0) is 23.4 Å². The van der Waals surface area contributed by atoms with Crippen LogP contribution in [0.25, 0.3) is 10.4 Å². The number of nitrogen functional groups attached to an aromatic ring is 1. The van der Waals surface area contributed by atoms with Crippen LogP contribution in [-0.4, -0.2) is 63.0 Å². The number of aliphatic hydroxyl groups excluding tert-OH is 2. The van der Waals surface area contributed by atoms with E-state index in [2.05, 4.69) is 15.0 Å². The van der Waals surface area contributed by atoms with E-state index < -0.39 is 50.4 Å². The summed E-state index contributed by atoms with van der Waals surface area (Å²) < 4.78 is 38.1. The second-order valence-electron chi connectivity index (χ2n) is 10.1. The number of anilines is 1. The predicted molar refractivity (Wildman–Crippen MR) is 153 cm³/mol. The summed E-state index contributed by atoms with van der Waals surface area (Å²) in [5, 5.41) is 28.7. The molecule has 14 heteroatoms. The number of nitrogens with one attached hydrogen (secondary N) is 1. The van der Waals surface area contributed by atoms with Crippen molar-refractivity contribution >= 4 is 24.9 Å². The molecule has 1 aliphatic heterocycles. The molecule has 3 heterocycles. The number of para-hydroxylation sites is 1. The second kappa shape index (κ2) is 13.2. The molecule has 0 spiro atoms. The lowest BCUT2D eigenvalue weighted by atomic mass is 10.0. The Hall–Kier alpha value is -3.50. The molecule has 226 valence electrons. The summed E-state index contributed by atoms with van der Waals surface area (Å²) in [6.45, 7) is 12.7. The smallest absolute Gasteiger partial charge is 0.459 e. The molecular weight excluding hydrogens is 565 g/mol. The Morgan fingerprint density at radius 3 is 2.62 bits per heavy atom. The number of carbonyl (C=O) groups is 1. The summed E-state index contributed by atoms with van der Waals surface area (Å²) >= 11 is 0. The van der Waals surface area contributed by atoms with Gasteiger partial charge in [-0.3, -0.25) is 18.9 Å². The Balaban J connectivity index is 1.55. The first kappa shape index (κ1) is 31.4. The molecule has 42 heavy (non-hydrogen) atoms. The molecule has 0 saturated carbocycles. The summed E-state index contributed by atoms with van der Waals surface area (Å²) in [4.78, 5) is 16.2. The molecule has 0 aliphatic carbocycles. The third-order valence-corrected chi connectivity index (χ3v) is 8.88. The van der Waals surface area contributed by atoms with Gasteiger partial charge in [0.1, 0.15) is 24.0 Å². The quantitative estimate of drug-likeness (QED) is 0.128. The number of aromatic nitrogens is 2. The molecule has 1 aliphatic rings. The van der Waals surface area contributed by atoms with Gasteiger partial charge in [-0.05, 0) is 43.2 Å². The van der Waals surface area contributed by atoms with Gasteiger partial charge >= 0.3 is 19.4 Å². The maximum atomic E-state index is 14.0. The van der Waals surface area contributed by atoms with Gasteiger partial charge in [0.15, 0.2) is 12.7 Å². The first-order valence-electron chi connectivity index (χ1n) is 13.6. The highest BCUT2D eigenvalue weighted by Gasteiger charge is 2.62. The Bertz CT molecular complexity index is 1460. The first-order chi connectivity index (χ1) is 20.1. The van der Waals surface area contributed by atoms with Crippen molar-refractivity contribution in [2.45, 2.75) is 63.7 Å². The number of fused-ring (bicyclic) bond motifs is 1. The molecule has 0 bridgehead atoms. The standard InChI is InChI=1S/C28H36N5O8P/c1-5-19(6-2)16-38-27(36)18(3)32-42(37,41-20-10-8-7-9-11-20)39-17-28(30-4)26(35)24(34)25(40-28)23-13-12-22-21(29)14-15-31-33(22)23/h7-15,18-19,24-26,34-35H,5-6,16-17,29H2,1-3H3,(H,32,37)/t18-,24-,25-,26-,28+,42-/m0/s1. The number of hydrogen-bond donors (Lipinski definition) is 4. The van der Waals surface area contributed by atoms with Crippen LogP contribution in [0.2, 0.25) is 0 Å². The van der Waals surface area contributed by atoms with E-state index in [9.17, 15) is 19.6 Å². The van der Waals surface area contributed by atoms with Crippen molar-refractivity contribution in [3.8, 4) is 5.75 Å². The van der Waals surface area contributed by atoms with Crippen LogP contribution in [0.5, 0.6) is 5.75 Å². The second-order valence-corrected chi connectivity index (χ2v) is 11.8. The molecule has 2 aromatic heterocycles. The van der Waals surface area contributed by atoms with Crippen molar-refractivity contribution in [1.82, 2.24) is 14.7 Å². The normalized spacial score (nSPS) is 24.3. The monoisotopic (exact) mass is 601 g/mol. The Morgan fingerprint density at radius 1 is 1.24 bits per heavy atom. The zero-order valence-corrected chi connectivity index (χ0v) is 24.5. The van der Waals surface area contributed by atoms with Crippen LogP contribution in [0, 0.1) is 12.5 Å². The van der Waals surface area contributed by atoms with Crippen LogP contribution in [0.15, 0.2) is 54.7 Å². The number of ether oxygens (including phenoxy) is 2. The summed E-state index contributed by atoms with van der Waals surface area (Å²) in [6, 6.07) is 11.9. The Morgan fingerprint density at radius 2 is 1.95 bits per heavy atom. The van der Waals surface area contributed by atoms with E-state index in [0.717, 1.165) is 12.8 Å². The van der Waals surface area contributed by atoms with Crippen LogP contribution in [0.3, 0.4) is 0 Å². The van der Waals surface area contributed by atoms with Gasteiger partial charge in [-0.25, -0.2) is 15.7 Å². The number of benzene rings is 1. The number of hydrogen-bond acceptors (Lipinski definition) is 10. The van der Waals surface area contributed by atoms with Crippen molar-refractivity contribution in [1.29, 1.82) is 0 Å². The zero-order valence-electron chi connectivity index (χ0n) is 23.6. The highest BCUT2D eigenvalue weighted by atomic mass is 31.2. The SMILES string of the molecule is [C-]#[N+][C@]1(CO[P@@](=O)(N[C@@H](C)C(=O)OCC(CC)CC)Oc2ccccc2)O[C@@H](c2ccc3c(N)ccnn23)[C@H](O)[C@@H]1O. The molecule has 4 rings (SSSR count). The fourth-order valence-corrected chi connectivity index (χ4v) is 6.08. The van der Waals surface area contributed by atoms with Crippen molar-refractivity contribution in [2.75, 3.05) is 18.9 Å². The van der Waals surface area contributed by atoms with Crippen molar-refractivity contribution < 1.29 is 38.1 Å². The number of rotatable bonds is 13. The van der Waals surface area contributed by atoms with Gasteiger partial charge in [-0.15, -0.1) is 0 Å². The van der Waals surface area contributed by atoms with E-state index in [-0.39, 0.29) is 18.3 Å². The van der Waals surface area contributed by atoms with E-state index in [1.165, 1.54) is 29.8 Å². The van der Waals surface area contributed by atoms with E-state index in [1.807, 2.05) is 13.8 Å². The van der Waals surface area contributed by atoms with Crippen molar-refractivity contribution in [2.24, 2.45) is 5.92 Å². The summed E-state index contributed by atoms with van der Waals surface area (Å²) in [5.41, 5.74) is 5.15. The van der Waals surface area contributed by atoms with Crippen LogP contribution < -0.4 is 15.3 Å². The van der Waals surface area contributed by atoms with Crippen LogP contribution in [0.1, 0.15) is 45.4 Å². The molecule has 5 N–H and O–H groups in total. The largest absolute Gasteiger partial charge is 0.464 e. The van der Waals surface area contributed by atoms with Gasteiger partial charge < -0.3 is 25.2 Å². The highest BCUT2D eigenvalue weighted by Crippen LogP contribution is 2.49. The zero-order chi connectivity index (χ0) is 30.5. The minimum absolute atomic E-state index is 0.164. The summed E-state index contributed by atoms with van der Waals surface area (Å²) in [6.07, 6.45) is -1.39. The van der Waals surface area contributed by atoms with Crippen molar-refractivity contribution in [3.63, 3.8) is 0 Å². The molecule has 0 radical (unpaired) electrons. The van der Waals surface area contributed by atoms with E-state index >= 15 is 0 Å². The average molecular weight is 602 g/mol. The minimum atomic E-state index is -4.39. The van der Waals surface area contributed by atoms with Gasteiger partial charge in [0.05, 0.1) is 23.5 Å². The molecule has 0 unspecified atom stereocenters. The lowest BCUT2D eigenvalue weighted by Gasteiger charge is -2.26.